The minimum Gasteiger partial charge on any atom is -0.371 e. The molecule has 0 atom stereocenters. The van der Waals surface area contributed by atoms with Crippen molar-refractivity contribution in [1.29, 1.82) is 0 Å². The molecule has 2 heterocycles. The molecule has 0 radical (unpaired) electrons. The van der Waals surface area contributed by atoms with Crippen LogP contribution in [0.2, 0.25) is 0 Å². The predicted molar refractivity (Wildman–Crippen MR) is 92.9 cm³/mol. The van der Waals surface area contributed by atoms with Gasteiger partial charge in [0.15, 0.2) is 0 Å². The summed E-state index contributed by atoms with van der Waals surface area (Å²) in [6, 6.07) is 16.7. The lowest BCUT2D eigenvalue weighted by atomic mass is 9.79. The molecule has 2 N–H and O–H groups in total. The number of carbonyl (C=O) groups is 1. The molecule has 1 fully saturated rings. The third kappa shape index (κ3) is 2.44. The number of aryl methyl sites for hydroxylation is 1. The first-order valence-corrected chi connectivity index (χ1v) is 8.17. The lowest BCUT2D eigenvalue weighted by Gasteiger charge is -2.46. The molecule has 1 spiro atoms. The summed E-state index contributed by atoms with van der Waals surface area (Å²) in [5, 5.41) is 6.11. The molecule has 4 nitrogen and oxygen atoms in total. The van der Waals surface area contributed by atoms with Crippen molar-refractivity contribution in [3.8, 4) is 0 Å². The van der Waals surface area contributed by atoms with Crippen LogP contribution in [-0.2, 0) is 5.54 Å². The van der Waals surface area contributed by atoms with Crippen LogP contribution in [0.1, 0.15) is 24.0 Å². The van der Waals surface area contributed by atoms with E-state index in [0.29, 0.717) is 0 Å². The van der Waals surface area contributed by atoms with Gasteiger partial charge >= 0.3 is 6.03 Å². The number of para-hydroxylation sites is 1. The summed E-state index contributed by atoms with van der Waals surface area (Å²) in [6.45, 7) is 3.99. The van der Waals surface area contributed by atoms with E-state index in [1.54, 1.807) is 0 Å². The Bertz CT molecular complexity index is 731. The maximum absolute atomic E-state index is 12.1. The maximum atomic E-state index is 12.1. The van der Waals surface area contributed by atoms with E-state index in [2.05, 4.69) is 52.8 Å². The highest BCUT2D eigenvalue weighted by atomic mass is 16.2. The van der Waals surface area contributed by atoms with Crippen LogP contribution < -0.4 is 15.5 Å². The Hall–Kier alpha value is -2.49. The summed E-state index contributed by atoms with van der Waals surface area (Å²) in [4.78, 5) is 14.5. The van der Waals surface area contributed by atoms with E-state index in [4.69, 9.17) is 0 Å². The van der Waals surface area contributed by atoms with Crippen LogP contribution in [0.3, 0.4) is 0 Å². The zero-order chi connectivity index (χ0) is 15.9. The van der Waals surface area contributed by atoms with E-state index in [0.717, 1.165) is 31.6 Å². The fraction of sp³-hybridized carbons (Fsp3) is 0.316. The molecule has 2 aliphatic heterocycles. The average Bonchev–Trinajstić information content (AvgIpc) is 2.56. The van der Waals surface area contributed by atoms with Gasteiger partial charge in [-0.25, -0.2) is 4.79 Å². The number of nitrogens with zero attached hydrogens (tertiary/aromatic N) is 1. The Kier molecular flexibility index (Phi) is 3.26. The Labute approximate surface area is 136 Å². The highest BCUT2D eigenvalue weighted by molar-refractivity contribution is 5.93. The molecule has 0 aromatic heterocycles. The topological polar surface area (TPSA) is 44.4 Å². The first-order valence-electron chi connectivity index (χ1n) is 8.17. The summed E-state index contributed by atoms with van der Waals surface area (Å²) in [7, 11) is 0. The van der Waals surface area contributed by atoms with Gasteiger partial charge in [0.1, 0.15) is 0 Å². The second-order valence-electron chi connectivity index (χ2n) is 6.53. The van der Waals surface area contributed by atoms with Crippen LogP contribution in [-0.4, -0.2) is 19.1 Å². The summed E-state index contributed by atoms with van der Waals surface area (Å²) < 4.78 is 0. The van der Waals surface area contributed by atoms with Crippen molar-refractivity contribution in [2.75, 3.05) is 23.3 Å². The molecule has 2 aliphatic rings. The van der Waals surface area contributed by atoms with Crippen molar-refractivity contribution >= 4 is 17.4 Å². The minimum atomic E-state index is -0.236. The maximum Gasteiger partial charge on any atom is 0.319 e. The van der Waals surface area contributed by atoms with E-state index >= 15 is 0 Å². The highest BCUT2D eigenvalue weighted by Crippen LogP contribution is 2.40. The Morgan fingerprint density at radius 3 is 2.43 bits per heavy atom. The quantitative estimate of drug-likeness (QED) is 0.845. The summed E-state index contributed by atoms with van der Waals surface area (Å²) >= 11 is 0. The number of hydrogen-bond acceptors (Lipinski definition) is 2. The molecule has 1 saturated heterocycles. The standard InChI is InChI=1S/C19H21N3O/c1-14-6-8-15(9-7-14)22-12-10-19(11-13-22)16-4-2-3-5-17(16)20-18(23)21-19/h2-9H,10-13H2,1H3,(H2,20,21,23). The van der Waals surface area contributed by atoms with Crippen LogP contribution in [0.5, 0.6) is 0 Å². The molecule has 0 aliphatic carbocycles. The number of hydrogen-bond donors (Lipinski definition) is 2. The fourth-order valence-corrected chi connectivity index (χ4v) is 3.74. The second kappa shape index (κ2) is 5.30. The molecule has 0 saturated carbocycles. The van der Waals surface area contributed by atoms with E-state index < -0.39 is 0 Å². The van der Waals surface area contributed by atoms with Gasteiger partial charge in [0.2, 0.25) is 0 Å². The minimum absolute atomic E-state index is 0.0903. The largest absolute Gasteiger partial charge is 0.371 e. The van der Waals surface area contributed by atoms with Gasteiger partial charge in [0.05, 0.1) is 5.54 Å². The SMILES string of the molecule is Cc1ccc(N2CCC3(CC2)NC(=O)Nc2ccccc23)cc1. The summed E-state index contributed by atoms with van der Waals surface area (Å²) in [5.41, 5.74) is 4.46. The zero-order valence-electron chi connectivity index (χ0n) is 13.3. The van der Waals surface area contributed by atoms with Crippen LogP contribution in [0.4, 0.5) is 16.2 Å². The highest BCUT2D eigenvalue weighted by Gasteiger charge is 2.41. The van der Waals surface area contributed by atoms with Crippen LogP contribution in [0.25, 0.3) is 0 Å². The first-order chi connectivity index (χ1) is 11.2. The number of nitrogens with one attached hydrogen (secondary N) is 2. The van der Waals surface area contributed by atoms with Crippen LogP contribution in [0, 0.1) is 6.92 Å². The second-order valence-corrected chi connectivity index (χ2v) is 6.53. The third-order valence-electron chi connectivity index (χ3n) is 5.06. The number of piperidine rings is 1. The van der Waals surface area contributed by atoms with Gasteiger partial charge < -0.3 is 15.5 Å². The number of urea groups is 1. The van der Waals surface area contributed by atoms with Crippen molar-refractivity contribution in [2.24, 2.45) is 0 Å². The Balaban J connectivity index is 1.59. The first kappa shape index (κ1) is 14.1. The van der Waals surface area contributed by atoms with Crippen molar-refractivity contribution < 1.29 is 4.79 Å². The molecular weight excluding hydrogens is 286 g/mol. The van der Waals surface area contributed by atoms with Gasteiger partial charge in [-0.15, -0.1) is 0 Å². The summed E-state index contributed by atoms with van der Waals surface area (Å²) in [5.74, 6) is 0. The number of anilines is 2. The lowest BCUT2D eigenvalue weighted by molar-refractivity contribution is 0.219. The average molecular weight is 307 g/mol. The molecular formula is C19H21N3O. The Morgan fingerprint density at radius 1 is 1.00 bits per heavy atom. The zero-order valence-corrected chi connectivity index (χ0v) is 13.3. The van der Waals surface area contributed by atoms with Gasteiger partial charge in [0, 0.05) is 30.0 Å². The van der Waals surface area contributed by atoms with E-state index in [1.807, 2.05) is 18.2 Å². The van der Waals surface area contributed by atoms with Crippen molar-refractivity contribution in [3.05, 3.63) is 59.7 Å². The normalized spacial score (nSPS) is 19.0. The third-order valence-corrected chi connectivity index (χ3v) is 5.06. The number of amides is 2. The van der Waals surface area contributed by atoms with Gasteiger partial charge in [-0.3, -0.25) is 0 Å². The number of benzene rings is 2. The molecule has 0 bridgehead atoms. The summed E-state index contributed by atoms with van der Waals surface area (Å²) in [6.07, 6.45) is 1.84. The number of rotatable bonds is 1. The molecule has 23 heavy (non-hydrogen) atoms. The molecule has 2 amide bonds. The molecule has 2 aromatic carbocycles. The lowest BCUT2D eigenvalue weighted by Crippen LogP contribution is -2.57. The van der Waals surface area contributed by atoms with Crippen molar-refractivity contribution in [1.82, 2.24) is 5.32 Å². The molecule has 118 valence electrons. The molecule has 4 rings (SSSR count). The smallest absolute Gasteiger partial charge is 0.319 e. The van der Waals surface area contributed by atoms with Crippen LogP contribution >= 0.6 is 0 Å². The number of fused-ring (bicyclic) bond motifs is 2. The molecule has 4 heteroatoms. The fourth-order valence-electron chi connectivity index (χ4n) is 3.74. The monoisotopic (exact) mass is 307 g/mol. The molecule has 2 aromatic rings. The van der Waals surface area contributed by atoms with Crippen molar-refractivity contribution in [2.45, 2.75) is 25.3 Å². The van der Waals surface area contributed by atoms with Crippen molar-refractivity contribution in [3.63, 3.8) is 0 Å². The Morgan fingerprint density at radius 2 is 1.70 bits per heavy atom. The van der Waals surface area contributed by atoms with Gasteiger partial charge in [-0.1, -0.05) is 35.9 Å². The van der Waals surface area contributed by atoms with Crippen LogP contribution in [0.15, 0.2) is 48.5 Å². The predicted octanol–water partition coefficient (Wildman–Crippen LogP) is 3.63. The van der Waals surface area contributed by atoms with E-state index in [-0.39, 0.29) is 11.6 Å². The van der Waals surface area contributed by atoms with E-state index in [1.165, 1.54) is 16.8 Å². The number of carbonyl (C=O) groups excluding carboxylic acids is 1. The van der Waals surface area contributed by atoms with Gasteiger partial charge in [-0.05, 0) is 38.0 Å². The van der Waals surface area contributed by atoms with E-state index in [9.17, 15) is 4.79 Å². The van der Waals surface area contributed by atoms with Gasteiger partial charge in [-0.2, -0.15) is 0 Å². The van der Waals surface area contributed by atoms with Gasteiger partial charge in [0.25, 0.3) is 0 Å². The molecule has 0 unspecified atom stereocenters.